The molecule has 1 N–H and O–H groups in total. The van der Waals surface area contributed by atoms with Crippen molar-refractivity contribution >= 4 is 27.6 Å². The summed E-state index contributed by atoms with van der Waals surface area (Å²) in [7, 11) is -3.27. The minimum Gasteiger partial charge on any atom is -0.481 e. The van der Waals surface area contributed by atoms with Crippen molar-refractivity contribution in [2.75, 3.05) is 29.7 Å². The molecule has 26 heavy (non-hydrogen) atoms. The first-order valence-corrected chi connectivity index (χ1v) is 10.3. The van der Waals surface area contributed by atoms with Gasteiger partial charge in [-0.1, -0.05) is 13.8 Å². The lowest BCUT2D eigenvalue weighted by Gasteiger charge is -2.25. The van der Waals surface area contributed by atoms with E-state index in [1.807, 2.05) is 13.8 Å². The number of hydrogen-bond donors (Lipinski definition) is 1. The average molecular weight is 382 g/mol. The molecule has 1 aromatic carbocycles. The lowest BCUT2D eigenvalue weighted by molar-refractivity contribution is -0.137. The maximum absolute atomic E-state index is 12.9. The zero-order valence-corrected chi connectivity index (χ0v) is 16.3. The molecule has 7 nitrogen and oxygen atoms in total. The van der Waals surface area contributed by atoms with Crippen LogP contribution in [0.25, 0.3) is 0 Å². The predicted molar refractivity (Wildman–Crippen MR) is 99.9 cm³/mol. The van der Waals surface area contributed by atoms with Gasteiger partial charge < -0.3 is 10.0 Å². The van der Waals surface area contributed by atoms with Gasteiger partial charge >= 0.3 is 5.97 Å². The molecule has 144 valence electrons. The fourth-order valence-electron chi connectivity index (χ4n) is 3.09. The number of carboxylic acids is 1. The molecular formula is C18H26N2O5S. The van der Waals surface area contributed by atoms with Crippen LogP contribution in [0.15, 0.2) is 18.2 Å². The molecule has 0 saturated carbocycles. The fourth-order valence-corrected chi connectivity index (χ4v) is 4.65. The second-order valence-corrected chi connectivity index (χ2v) is 9.04. The molecule has 0 atom stereocenters. The van der Waals surface area contributed by atoms with Gasteiger partial charge in [0.25, 0.3) is 5.91 Å². The molecule has 2 rings (SSSR count). The highest BCUT2D eigenvalue weighted by Crippen LogP contribution is 2.26. The highest BCUT2D eigenvalue weighted by Gasteiger charge is 2.29. The quantitative estimate of drug-likeness (QED) is 0.779. The van der Waals surface area contributed by atoms with Crippen molar-refractivity contribution in [1.29, 1.82) is 0 Å². The molecular weight excluding hydrogens is 356 g/mol. The summed E-state index contributed by atoms with van der Waals surface area (Å²) in [6.07, 6.45) is 0.487. The number of carboxylic acid groups (broad SMARTS) is 1. The molecule has 1 aliphatic rings. The number of nitrogens with zero attached hydrogens (tertiary/aromatic N) is 2. The molecule has 0 unspecified atom stereocenters. The smallest absolute Gasteiger partial charge is 0.305 e. The van der Waals surface area contributed by atoms with Gasteiger partial charge in [-0.15, -0.1) is 0 Å². The Morgan fingerprint density at radius 2 is 2.00 bits per heavy atom. The van der Waals surface area contributed by atoms with Gasteiger partial charge in [0.15, 0.2) is 0 Å². The van der Waals surface area contributed by atoms with Crippen LogP contribution in [0.4, 0.5) is 5.69 Å². The van der Waals surface area contributed by atoms with E-state index < -0.39 is 16.0 Å². The van der Waals surface area contributed by atoms with E-state index in [-0.39, 0.29) is 30.5 Å². The van der Waals surface area contributed by atoms with E-state index in [1.165, 1.54) is 4.31 Å². The number of aliphatic carboxylic acids is 1. The number of anilines is 1. The van der Waals surface area contributed by atoms with Crippen LogP contribution in [-0.4, -0.2) is 55.7 Å². The number of amides is 1. The Morgan fingerprint density at radius 3 is 2.50 bits per heavy atom. The molecule has 1 heterocycles. The lowest BCUT2D eigenvalue weighted by Crippen LogP contribution is -2.36. The van der Waals surface area contributed by atoms with Crippen LogP contribution in [-0.2, 0) is 14.8 Å². The van der Waals surface area contributed by atoms with Crippen molar-refractivity contribution in [1.82, 2.24) is 4.90 Å². The number of rotatable bonds is 7. The minimum absolute atomic E-state index is 0.110. The van der Waals surface area contributed by atoms with Crippen LogP contribution < -0.4 is 4.31 Å². The Labute approximate surface area is 154 Å². The number of carbonyl (C=O) groups is 2. The van der Waals surface area contributed by atoms with Crippen LogP contribution in [0.5, 0.6) is 0 Å². The van der Waals surface area contributed by atoms with E-state index in [9.17, 15) is 18.0 Å². The van der Waals surface area contributed by atoms with Crippen molar-refractivity contribution in [2.45, 2.75) is 33.6 Å². The van der Waals surface area contributed by atoms with Gasteiger partial charge in [0.05, 0.1) is 17.9 Å². The first-order valence-electron chi connectivity index (χ1n) is 8.74. The highest BCUT2D eigenvalue weighted by molar-refractivity contribution is 7.93. The first-order chi connectivity index (χ1) is 12.1. The van der Waals surface area contributed by atoms with Gasteiger partial charge in [0.2, 0.25) is 10.0 Å². The van der Waals surface area contributed by atoms with Crippen molar-refractivity contribution in [2.24, 2.45) is 5.92 Å². The normalized spacial score (nSPS) is 16.1. The predicted octanol–water partition coefficient (Wildman–Crippen LogP) is 2.11. The Bertz CT molecular complexity index is 789. The molecule has 1 aromatic rings. The van der Waals surface area contributed by atoms with E-state index in [1.54, 1.807) is 30.0 Å². The molecule has 1 amide bonds. The third-order valence-corrected chi connectivity index (χ3v) is 6.17. The standard InChI is InChI=1S/C18H26N2O5S/c1-13(2)12-19(9-7-17(21)22)18(23)16-6-5-15(11-14(16)3)20-8-4-10-26(20,24)25/h5-6,11,13H,4,7-10,12H2,1-3H3,(H,21,22). The summed E-state index contributed by atoms with van der Waals surface area (Å²) in [4.78, 5) is 25.3. The Morgan fingerprint density at radius 1 is 1.31 bits per heavy atom. The molecule has 0 aromatic heterocycles. The van der Waals surface area contributed by atoms with E-state index in [2.05, 4.69) is 0 Å². The highest BCUT2D eigenvalue weighted by atomic mass is 32.2. The zero-order chi connectivity index (χ0) is 19.5. The second kappa shape index (κ2) is 8.07. The van der Waals surface area contributed by atoms with E-state index >= 15 is 0 Å². The maximum Gasteiger partial charge on any atom is 0.305 e. The minimum atomic E-state index is -3.27. The van der Waals surface area contributed by atoms with Crippen LogP contribution in [0.1, 0.15) is 42.6 Å². The molecule has 0 bridgehead atoms. The number of carbonyl (C=O) groups excluding carboxylic acids is 1. The molecule has 1 fully saturated rings. The summed E-state index contributed by atoms with van der Waals surface area (Å²) in [5, 5.41) is 8.91. The van der Waals surface area contributed by atoms with Crippen LogP contribution in [0, 0.1) is 12.8 Å². The lowest BCUT2D eigenvalue weighted by atomic mass is 10.1. The number of hydrogen-bond acceptors (Lipinski definition) is 4. The summed E-state index contributed by atoms with van der Waals surface area (Å²) < 4.78 is 25.5. The van der Waals surface area contributed by atoms with Gasteiger partial charge in [0, 0.05) is 25.2 Å². The van der Waals surface area contributed by atoms with Gasteiger partial charge in [-0.2, -0.15) is 0 Å². The molecule has 0 radical (unpaired) electrons. The van der Waals surface area contributed by atoms with Crippen LogP contribution in [0.2, 0.25) is 0 Å². The van der Waals surface area contributed by atoms with Crippen molar-refractivity contribution in [3.8, 4) is 0 Å². The summed E-state index contributed by atoms with van der Waals surface area (Å²) in [5.74, 6) is -0.822. The molecule has 1 saturated heterocycles. The summed E-state index contributed by atoms with van der Waals surface area (Å²) in [6.45, 7) is 6.77. The van der Waals surface area contributed by atoms with Crippen molar-refractivity contribution in [3.63, 3.8) is 0 Å². The largest absolute Gasteiger partial charge is 0.481 e. The van der Waals surface area contributed by atoms with E-state index in [0.29, 0.717) is 36.3 Å². The summed E-state index contributed by atoms with van der Waals surface area (Å²) in [6, 6.07) is 4.99. The number of sulfonamides is 1. The monoisotopic (exact) mass is 382 g/mol. The Kier molecular flexibility index (Phi) is 6.28. The summed E-state index contributed by atoms with van der Waals surface area (Å²) >= 11 is 0. The van der Waals surface area contributed by atoms with Gasteiger partial charge in [-0.3, -0.25) is 13.9 Å². The number of benzene rings is 1. The van der Waals surface area contributed by atoms with E-state index in [0.717, 1.165) is 0 Å². The van der Waals surface area contributed by atoms with Gasteiger partial charge in [0.1, 0.15) is 0 Å². The molecule has 1 aliphatic heterocycles. The van der Waals surface area contributed by atoms with Gasteiger partial charge in [-0.25, -0.2) is 8.42 Å². The third kappa shape index (κ3) is 4.75. The summed E-state index contributed by atoms with van der Waals surface area (Å²) in [5.41, 5.74) is 1.72. The van der Waals surface area contributed by atoms with Crippen molar-refractivity contribution in [3.05, 3.63) is 29.3 Å². The second-order valence-electron chi connectivity index (χ2n) is 7.03. The van der Waals surface area contributed by atoms with Crippen molar-refractivity contribution < 1.29 is 23.1 Å². The first kappa shape index (κ1) is 20.2. The average Bonchev–Trinajstić information content (AvgIpc) is 2.89. The molecule has 0 spiro atoms. The number of aryl methyl sites for hydroxylation is 1. The zero-order valence-electron chi connectivity index (χ0n) is 15.4. The Hall–Kier alpha value is -2.09. The SMILES string of the molecule is Cc1cc(N2CCCS2(=O)=O)ccc1C(=O)N(CCC(=O)O)CC(C)C. The maximum atomic E-state index is 12.9. The van der Waals surface area contributed by atoms with Crippen LogP contribution >= 0.6 is 0 Å². The topological polar surface area (TPSA) is 95.0 Å². The fraction of sp³-hybridized carbons (Fsp3) is 0.556. The molecule has 8 heteroatoms. The Balaban J connectivity index is 2.25. The van der Waals surface area contributed by atoms with Crippen LogP contribution in [0.3, 0.4) is 0 Å². The van der Waals surface area contributed by atoms with E-state index in [4.69, 9.17) is 5.11 Å². The molecule has 0 aliphatic carbocycles. The van der Waals surface area contributed by atoms with Gasteiger partial charge in [-0.05, 0) is 43.0 Å². The third-order valence-electron chi connectivity index (χ3n) is 4.30.